The molecule has 1 heterocycles. The normalized spacial score (nSPS) is 16.0. The fourth-order valence-electron chi connectivity index (χ4n) is 2.69. The van der Waals surface area contributed by atoms with Crippen LogP contribution < -0.4 is 14.8 Å². The van der Waals surface area contributed by atoms with Gasteiger partial charge in [0.05, 0.1) is 12.0 Å². The lowest BCUT2D eigenvalue weighted by Gasteiger charge is -2.24. The van der Waals surface area contributed by atoms with Crippen molar-refractivity contribution in [3.8, 4) is 11.5 Å². The van der Waals surface area contributed by atoms with Crippen LogP contribution in [0.2, 0.25) is 0 Å². The lowest BCUT2D eigenvalue weighted by molar-refractivity contribution is -0.431. The molecule has 1 aliphatic heterocycles. The molecule has 6 nitrogen and oxygen atoms in total. The predicted octanol–water partition coefficient (Wildman–Crippen LogP) is 3.73. The summed E-state index contributed by atoms with van der Waals surface area (Å²) in [5.41, 5.74) is 1.83. The number of nitrogens with one attached hydrogen (secondary N) is 1. The highest BCUT2D eigenvalue weighted by Gasteiger charge is 2.37. The van der Waals surface area contributed by atoms with Crippen LogP contribution in [-0.2, 0) is 6.54 Å². The van der Waals surface area contributed by atoms with E-state index in [1.807, 2.05) is 54.8 Å². The molecule has 0 saturated heterocycles. The van der Waals surface area contributed by atoms with Crippen LogP contribution in [0.25, 0.3) is 0 Å². The zero-order chi connectivity index (χ0) is 17.8. The van der Waals surface area contributed by atoms with Crippen molar-refractivity contribution < 1.29 is 14.4 Å². The first kappa shape index (κ1) is 17.2. The van der Waals surface area contributed by atoms with E-state index in [4.69, 9.17) is 9.47 Å². The molecule has 1 aliphatic rings. The van der Waals surface area contributed by atoms with Crippen molar-refractivity contribution >= 4 is 11.8 Å². The number of hydrogen-bond acceptors (Lipinski definition) is 6. The lowest BCUT2D eigenvalue weighted by atomic mass is 10.1. The van der Waals surface area contributed by atoms with Gasteiger partial charge < -0.3 is 14.8 Å². The Morgan fingerprint density at radius 1 is 1.24 bits per heavy atom. The van der Waals surface area contributed by atoms with Gasteiger partial charge in [-0.05, 0) is 30.0 Å². The zero-order valence-electron chi connectivity index (χ0n) is 13.9. The number of thioether (sulfide) groups is 1. The summed E-state index contributed by atoms with van der Waals surface area (Å²) in [4.78, 5) is 11.3. The van der Waals surface area contributed by atoms with E-state index in [1.165, 1.54) is 11.8 Å². The molecule has 0 saturated carbocycles. The largest absolute Gasteiger partial charge is 0.497 e. The molecule has 1 N–H and O–H groups in total. The first-order chi connectivity index (χ1) is 12.1. The number of nitrogens with zero attached hydrogens (tertiary/aromatic N) is 1. The van der Waals surface area contributed by atoms with Crippen molar-refractivity contribution in [3.63, 3.8) is 0 Å². The summed E-state index contributed by atoms with van der Waals surface area (Å²) in [7, 11) is 1.61. The maximum Gasteiger partial charge on any atom is 0.323 e. The van der Waals surface area contributed by atoms with Crippen LogP contribution in [-0.4, -0.2) is 18.3 Å². The number of fused-ring (bicyclic) bond motifs is 1. The van der Waals surface area contributed by atoms with Crippen LogP contribution in [0.5, 0.6) is 11.5 Å². The first-order valence-corrected chi connectivity index (χ1v) is 8.97. The third kappa shape index (κ3) is 3.56. The van der Waals surface area contributed by atoms with E-state index in [2.05, 4.69) is 5.32 Å². The number of methoxy groups -OCH3 is 1. The van der Waals surface area contributed by atoms with E-state index in [0.29, 0.717) is 12.3 Å². The molecule has 2 aromatic carbocycles. The van der Waals surface area contributed by atoms with Gasteiger partial charge in [-0.15, -0.1) is 11.8 Å². The minimum atomic E-state index is -0.377. The third-order valence-electron chi connectivity index (χ3n) is 3.94. The van der Waals surface area contributed by atoms with Crippen LogP contribution in [0.15, 0.2) is 60.1 Å². The summed E-state index contributed by atoms with van der Waals surface area (Å²) in [6.07, 6.45) is 1.86. The number of nitro groups is 1. The molecular formula is C18H18N2O4S. The topological polar surface area (TPSA) is 73.6 Å². The second kappa shape index (κ2) is 7.48. The monoisotopic (exact) mass is 358 g/mol. The van der Waals surface area contributed by atoms with Crippen molar-refractivity contribution in [2.24, 2.45) is 0 Å². The summed E-state index contributed by atoms with van der Waals surface area (Å²) >= 11 is 1.42. The molecule has 0 radical (unpaired) electrons. The van der Waals surface area contributed by atoms with Gasteiger partial charge in [0.15, 0.2) is 0 Å². The lowest BCUT2D eigenvalue weighted by Crippen LogP contribution is -2.28. The molecule has 0 spiro atoms. The Morgan fingerprint density at radius 3 is 2.60 bits per heavy atom. The van der Waals surface area contributed by atoms with Crippen LogP contribution in [0.3, 0.4) is 0 Å². The minimum Gasteiger partial charge on any atom is -0.497 e. The van der Waals surface area contributed by atoms with Crippen molar-refractivity contribution in [1.82, 2.24) is 5.32 Å². The van der Waals surface area contributed by atoms with E-state index in [9.17, 15) is 10.1 Å². The number of rotatable bonds is 6. The van der Waals surface area contributed by atoms with Gasteiger partial charge in [-0.3, -0.25) is 10.1 Å². The maximum atomic E-state index is 11.6. The average molecular weight is 358 g/mol. The standard InChI is InChI=1S/C18H18N2O4S/c1-23-13-9-7-12(8-10-13)11-19-18-16(20(21)22)17(25-2)14-5-3-4-6-15(14)24-18/h3-10,17,19H,11H2,1-2H3. The van der Waals surface area contributed by atoms with Gasteiger partial charge in [0.25, 0.3) is 5.88 Å². The molecule has 130 valence electrons. The summed E-state index contributed by atoms with van der Waals surface area (Å²) in [5.74, 6) is 1.60. The second-order valence-corrected chi connectivity index (χ2v) is 6.37. The molecule has 0 aromatic heterocycles. The molecular weight excluding hydrogens is 340 g/mol. The van der Waals surface area contributed by atoms with E-state index in [1.54, 1.807) is 7.11 Å². The van der Waals surface area contributed by atoms with Gasteiger partial charge in [-0.1, -0.05) is 30.3 Å². The highest BCUT2D eigenvalue weighted by molar-refractivity contribution is 7.99. The van der Waals surface area contributed by atoms with Gasteiger partial charge in [-0.25, -0.2) is 0 Å². The molecule has 2 aromatic rings. The van der Waals surface area contributed by atoms with Gasteiger partial charge in [0, 0.05) is 12.1 Å². The van der Waals surface area contributed by atoms with E-state index in [-0.39, 0.29) is 21.8 Å². The van der Waals surface area contributed by atoms with Crippen molar-refractivity contribution in [2.45, 2.75) is 11.8 Å². The fraction of sp³-hybridized carbons (Fsp3) is 0.222. The van der Waals surface area contributed by atoms with E-state index >= 15 is 0 Å². The van der Waals surface area contributed by atoms with E-state index < -0.39 is 0 Å². The molecule has 0 fully saturated rings. The van der Waals surface area contributed by atoms with E-state index in [0.717, 1.165) is 16.9 Å². The Balaban J connectivity index is 1.87. The summed E-state index contributed by atoms with van der Waals surface area (Å²) < 4.78 is 10.9. The summed E-state index contributed by atoms with van der Waals surface area (Å²) in [5, 5.41) is 14.3. The quantitative estimate of drug-likeness (QED) is 0.627. The molecule has 3 rings (SSSR count). The van der Waals surface area contributed by atoms with Crippen LogP contribution in [0, 0.1) is 10.1 Å². The average Bonchev–Trinajstić information content (AvgIpc) is 2.65. The first-order valence-electron chi connectivity index (χ1n) is 7.69. The molecule has 0 amide bonds. The fourth-order valence-corrected chi connectivity index (χ4v) is 3.55. The Morgan fingerprint density at radius 2 is 1.96 bits per heavy atom. The number of ether oxygens (including phenoxy) is 2. The maximum absolute atomic E-state index is 11.6. The van der Waals surface area contributed by atoms with Gasteiger partial charge in [-0.2, -0.15) is 0 Å². The molecule has 1 atom stereocenters. The summed E-state index contributed by atoms with van der Waals surface area (Å²) in [6, 6.07) is 14.9. The van der Waals surface area contributed by atoms with Gasteiger partial charge >= 0.3 is 5.70 Å². The number of benzene rings is 2. The van der Waals surface area contributed by atoms with Crippen LogP contribution >= 0.6 is 11.8 Å². The van der Waals surface area contributed by atoms with Crippen molar-refractivity contribution in [2.75, 3.05) is 13.4 Å². The molecule has 7 heteroatoms. The molecule has 0 aliphatic carbocycles. The molecule has 25 heavy (non-hydrogen) atoms. The van der Waals surface area contributed by atoms with Crippen LogP contribution in [0.1, 0.15) is 16.4 Å². The Labute approximate surface area is 150 Å². The van der Waals surface area contributed by atoms with Gasteiger partial charge in [0.2, 0.25) is 0 Å². The predicted molar refractivity (Wildman–Crippen MR) is 97.2 cm³/mol. The van der Waals surface area contributed by atoms with Gasteiger partial charge in [0.1, 0.15) is 16.7 Å². The number of para-hydroxylation sites is 1. The highest BCUT2D eigenvalue weighted by Crippen LogP contribution is 2.44. The summed E-state index contributed by atoms with van der Waals surface area (Å²) in [6.45, 7) is 0.417. The molecule has 0 bridgehead atoms. The number of hydrogen-bond donors (Lipinski definition) is 1. The van der Waals surface area contributed by atoms with Crippen LogP contribution in [0.4, 0.5) is 0 Å². The molecule has 1 unspecified atom stereocenters. The highest BCUT2D eigenvalue weighted by atomic mass is 32.2. The van der Waals surface area contributed by atoms with Crippen molar-refractivity contribution in [3.05, 3.63) is 81.4 Å². The SMILES string of the molecule is COc1ccc(CNC2=C([N+](=O)[O-])C(SC)c3ccccc3O2)cc1. The Hall–Kier alpha value is -2.67. The second-order valence-electron chi connectivity index (χ2n) is 5.43. The van der Waals surface area contributed by atoms with Crippen molar-refractivity contribution in [1.29, 1.82) is 0 Å². The Kier molecular flexibility index (Phi) is 5.14. The Bertz CT molecular complexity index is 805. The smallest absolute Gasteiger partial charge is 0.323 e. The zero-order valence-corrected chi connectivity index (χ0v) is 14.7. The third-order valence-corrected chi connectivity index (χ3v) is 4.89. The minimum absolute atomic E-state index is 0.0414.